The molecule has 658 valence electrons. The highest BCUT2D eigenvalue weighted by atomic mass is 16.6. The van der Waals surface area contributed by atoms with Gasteiger partial charge in [-0.3, -0.25) is 38.4 Å². The standard InChI is InChI=1S/C76H138O36/c1-11-65(67(77)75(5,6)7)73(83)111-61-59-109-71(81)63(3)69(79)107-57-55-105-53-51-103-49-47-101-45-43-99-41-39-97-37-35-95-33-31-93-29-27-91-25-23-89-21-19-87-17-15-85-13-14-86-16-18-88-20-22-90-24-26-92-28-30-94-32-34-96-36-38-98-40-42-100-44-46-102-48-50-104-52-54-106-56-58-108-70(80)64(4)72(82)110-60-62-112-74(84)66(12-2)68(78)76(8,9)10/h63-66H,11-62H2,1-10H3. The number of ether oxygens (including phenoxy) is 28. The van der Waals surface area contributed by atoms with Crippen molar-refractivity contribution in [1.29, 1.82) is 0 Å². The van der Waals surface area contributed by atoms with Crippen molar-refractivity contribution in [2.75, 3.05) is 330 Å². The quantitative estimate of drug-likeness (QED) is 0.0365. The fraction of sp³-hybridized carbons (Fsp3) is 0.895. The molecule has 0 heterocycles. The molecule has 0 N–H and O–H groups in total. The van der Waals surface area contributed by atoms with E-state index >= 15 is 0 Å². The van der Waals surface area contributed by atoms with Gasteiger partial charge in [0.1, 0.15) is 51.5 Å². The van der Waals surface area contributed by atoms with Gasteiger partial charge < -0.3 is 133 Å². The van der Waals surface area contributed by atoms with Crippen LogP contribution in [0.3, 0.4) is 0 Å². The number of hydrogen-bond donors (Lipinski definition) is 0. The molecule has 0 saturated heterocycles. The molecule has 4 unspecified atom stereocenters. The van der Waals surface area contributed by atoms with Crippen LogP contribution in [0.1, 0.15) is 82.1 Å². The summed E-state index contributed by atoms with van der Waals surface area (Å²) in [7, 11) is 0. The van der Waals surface area contributed by atoms with Gasteiger partial charge in [0, 0.05) is 10.8 Å². The lowest BCUT2D eigenvalue weighted by Crippen LogP contribution is -2.35. The third kappa shape index (κ3) is 67.5. The molecule has 0 spiro atoms. The van der Waals surface area contributed by atoms with Crippen LogP contribution < -0.4 is 0 Å². The SMILES string of the molecule is CCC(C(=O)OCCOC(=O)C(C)C(=O)OCCOCCOCCOCCOCCOCCOCCOCCOCCOCCOCCOCCOCCOCCOCCOCCOCCOCCOCCOCCOCCOCCOCCOC(=O)C(C)C(=O)OCCOC(=O)C(CC)C(=O)C(C)(C)C)C(=O)C(C)(C)C. The summed E-state index contributed by atoms with van der Waals surface area (Å²) in [5.74, 6) is -9.16. The van der Waals surface area contributed by atoms with Crippen LogP contribution in [0.4, 0.5) is 0 Å². The van der Waals surface area contributed by atoms with Gasteiger partial charge in [-0.1, -0.05) is 55.4 Å². The molecule has 36 heteroatoms. The monoisotopic (exact) mass is 1630 g/mol. The molecule has 36 nitrogen and oxygen atoms in total. The van der Waals surface area contributed by atoms with E-state index in [1.807, 2.05) is 0 Å². The molecular weight excluding hydrogens is 1490 g/mol. The summed E-state index contributed by atoms with van der Waals surface area (Å²) in [5, 5.41) is 0. The fourth-order valence-corrected chi connectivity index (χ4v) is 8.55. The van der Waals surface area contributed by atoms with E-state index < -0.39 is 70.3 Å². The Balaban J connectivity index is 3.29. The number of ketones is 2. The van der Waals surface area contributed by atoms with Crippen LogP contribution in [-0.4, -0.2) is 378 Å². The van der Waals surface area contributed by atoms with Crippen LogP contribution in [0.15, 0.2) is 0 Å². The molecule has 0 aliphatic rings. The zero-order valence-electron chi connectivity index (χ0n) is 68.8. The van der Waals surface area contributed by atoms with Crippen molar-refractivity contribution in [3.05, 3.63) is 0 Å². The second-order valence-electron chi connectivity index (χ2n) is 26.1. The minimum atomic E-state index is -1.18. The molecule has 0 aromatic heterocycles. The highest BCUT2D eigenvalue weighted by Crippen LogP contribution is 2.24. The summed E-state index contributed by atoms with van der Waals surface area (Å²) in [6, 6.07) is 0. The van der Waals surface area contributed by atoms with E-state index in [1.54, 1.807) is 55.4 Å². The van der Waals surface area contributed by atoms with Crippen molar-refractivity contribution < 1.29 is 171 Å². The van der Waals surface area contributed by atoms with Crippen LogP contribution in [0.25, 0.3) is 0 Å². The smallest absolute Gasteiger partial charge is 0.320 e. The predicted molar refractivity (Wildman–Crippen MR) is 399 cm³/mol. The van der Waals surface area contributed by atoms with E-state index in [4.69, 9.17) is 133 Å². The summed E-state index contributed by atoms with van der Waals surface area (Å²) in [5.41, 5.74) is -1.39. The average Bonchev–Trinajstić information content (AvgIpc) is 0.862. The van der Waals surface area contributed by atoms with Gasteiger partial charge >= 0.3 is 35.8 Å². The van der Waals surface area contributed by atoms with Crippen molar-refractivity contribution in [1.82, 2.24) is 0 Å². The molecular formula is C76H138O36. The van der Waals surface area contributed by atoms with Crippen LogP contribution in [0.5, 0.6) is 0 Å². The van der Waals surface area contributed by atoms with Crippen molar-refractivity contribution in [3.8, 4) is 0 Å². The number of hydrogen-bond acceptors (Lipinski definition) is 36. The van der Waals surface area contributed by atoms with Gasteiger partial charge in [0.05, 0.1) is 291 Å². The normalized spacial score (nSPS) is 12.8. The van der Waals surface area contributed by atoms with E-state index in [1.165, 1.54) is 13.8 Å². The Kier molecular flexibility index (Phi) is 74.2. The van der Waals surface area contributed by atoms with Gasteiger partial charge in [0.25, 0.3) is 0 Å². The van der Waals surface area contributed by atoms with Gasteiger partial charge in [0.2, 0.25) is 0 Å². The lowest BCUT2D eigenvalue weighted by molar-refractivity contribution is -0.166. The van der Waals surface area contributed by atoms with Gasteiger partial charge in [0.15, 0.2) is 23.4 Å². The first-order valence-electron chi connectivity index (χ1n) is 39.0. The predicted octanol–water partition coefficient (Wildman–Crippen LogP) is 3.17. The molecule has 0 saturated carbocycles. The highest BCUT2D eigenvalue weighted by molar-refractivity contribution is 6.02. The number of Topliss-reactive ketones (excluding diaryl/α,β-unsaturated/α-hetero) is 2. The zero-order chi connectivity index (χ0) is 82.5. The van der Waals surface area contributed by atoms with Crippen molar-refractivity contribution in [2.24, 2.45) is 34.5 Å². The molecule has 112 heavy (non-hydrogen) atoms. The minimum Gasteiger partial charge on any atom is -0.463 e. The van der Waals surface area contributed by atoms with Crippen molar-refractivity contribution in [3.63, 3.8) is 0 Å². The fourth-order valence-electron chi connectivity index (χ4n) is 8.55. The average molecular weight is 1630 g/mol. The van der Waals surface area contributed by atoms with E-state index in [9.17, 15) is 38.4 Å². The third-order valence-electron chi connectivity index (χ3n) is 14.8. The van der Waals surface area contributed by atoms with E-state index in [2.05, 4.69) is 0 Å². The molecule has 0 aliphatic carbocycles. The number of carbonyl (C=O) groups is 8. The Hall–Kier alpha value is -4.72. The molecule has 0 aliphatic heterocycles. The summed E-state index contributed by atoms with van der Waals surface area (Å²) >= 11 is 0. The Labute approximate surface area is 663 Å². The molecule has 4 atom stereocenters. The first-order valence-corrected chi connectivity index (χ1v) is 39.0. The van der Waals surface area contributed by atoms with E-state index in [0.29, 0.717) is 277 Å². The molecule has 0 bridgehead atoms. The molecule has 0 aromatic carbocycles. The van der Waals surface area contributed by atoms with Crippen molar-refractivity contribution >= 4 is 47.4 Å². The Morgan fingerprint density at radius 2 is 0.277 bits per heavy atom. The Morgan fingerprint density at radius 3 is 0.384 bits per heavy atom. The maximum Gasteiger partial charge on any atom is 0.320 e. The second kappa shape index (κ2) is 77.5. The highest BCUT2D eigenvalue weighted by Gasteiger charge is 2.36. The molecule has 0 amide bonds. The third-order valence-corrected chi connectivity index (χ3v) is 14.8. The maximum atomic E-state index is 12.5. The van der Waals surface area contributed by atoms with Gasteiger partial charge in [-0.25, -0.2) is 0 Å². The second-order valence-corrected chi connectivity index (χ2v) is 26.1. The Morgan fingerprint density at radius 1 is 0.179 bits per heavy atom. The first kappa shape index (κ1) is 107. The Bertz CT molecular complexity index is 2100. The first-order chi connectivity index (χ1) is 54.2. The van der Waals surface area contributed by atoms with Gasteiger partial charge in [-0.05, 0) is 26.7 Å². The molecule has 0 rings (SSSR count). The van der Waals surface area contributed by atoms with Crippen LogP contribution in [-0.2, 0) is 171 Å². The topological polar surface area (TPSA) is 395 Å². The summed E-state index contributed by atoms with van der Waals surface area (Å²) in [4.78, 5) is 98.3. The van der Waals surface area contributed by atoms with E-state index in [0.717, 1.165) is 0 Å². The van der Waals surface area contributed by atoms with Crippen LogP contribution in [0.2, 0.25) is 0 Å². The van der Waals surface area contributed by atoms with Gasteiger partial charge in [-0.2, -0.15) is 0 Å². The maximum absolute atomic E-state index is 12.5. The molecule has 0 aromatic rings. The molecule has 0 fully saturated rings. The van der Waals surface area contributed by atoms with E-state index in [-0.39, 0.29) is 77.6 Å². The van der Waals surface area contributed by atoms with Crippen molar-refractivity contribution in [2.45, 2.75) is 82.1 Å². The zero-order valence-corrected chi connectivity index (χ0v) is 68.8. The van der Waals surface area contributed by atoms with Crippen LogP contribution >= 0.6 is 0 Å². The van der Waals surface area contributed by atoms with Gasteiger partial charge in [-0.15, -0.1) is 0 Å². The lowest BCUT2D eigenvalue weighted by atomic mass is 9.82. The molecule has 0 radical (unpaired) electrons. The largest absolute Gasteiger partial charge is 0.463 e. The lowest BCUT2D eigenvalue weighted by Gasteiger charge is -2.22. The van der Waals surface area contributed by atoms with Crippen LogP contribution in [0, 0.1) is 34.5 Å². The number of esters is 6. The summed E-state index contributed by atoms with van der Waals surface area (Å²) in [6.07, 6.45) is 0.592. The summed E-state index contributed by atoms with van der Waals surface area (Å²) in [6.45, 7) is 33.4. The number of rotatable bonds is 85. The number of carbonyl (C=O) groups excluding carboxylic acids is 8. The summed E-state index contributed by atoms with van der Waals surface area (Å²) < 4.78 is 151. The minimum absolute atomic E-state index is 0.0612.